The monoisotopic (exact) mass is 1680 g/mol. The molecule has 0 bridgehead atoms. The van der Waals surface area contributed by atoms with Gasteiger partial charge in [0.25, 0.3) is 0 Å². The molecule has 0 aromatic heterocycles. The molecule has 0 saturated carbocycles. The second-order valence-electron chi connectivity index (χ2n) is 28.9. The van der Waals surface area contributed by atoms with Crippen LogP contribution in [0.3, 0.4) is 0 Å². The second kappa shape index (κ2) is 41.5. The second-order valence-corrected chi connectivity index (χ2v) is 28.9. The van der Waals surface area contributed by atoms with Gasteiger partial charge < -0.3 is 230 Å². The lowest BCUT2D eigenvalue weighted by atomic mass is 9.93. The summed E-state index contributed by atoms with van der Waals surface area (Å²) >= 11 is 0. The first kappa shape index (κ1) is 94.6. The first-order valence-electron chi connectivity index (χ1n) is 36.6. The van der Waals surface area contributed by atoms with E-state index in [1.54, 1.807) is 0 Å². The molecule has 29 N–H and O–H groups in total. The Morgan fingerprint density at radius 2 is 0.487 bits per heavy atom. The fraction of sp³-hybridized carbons (Fsp3) is 0.922. The molecule has 9 rings (SSSR count). The van der Waals surface area contributed by atoms with Crippen molar-refractivity contribution in [2.75, 3.05) is 59.5 Å². The molecule has 0 radical (unpaired) electrons. The predicted octanol–water partition coefficient (Wildman–Crippen LogP) is -19.9. The average molecular weight is 1680 g/mol. The van der Waals surface area contributed by atoms with Crippen LogP contribution in [0.15, 0.2) is 0 Å². The highest BCUT2D eigenvalue weighted by Gasteiger charge is 2.61. The van der Waals surface area contributed by atoms with Crippen LogP contribution in [0.5, 0.6) is 0 Å². The van der Waals surface area contributed by atoms with Gasteiger partial charge in [0.2, 0.25) is 29.5 Å². The SMILES string of the molecule is CC(=O)N[C@@H]1[C@@H](O)[C@H](O[C@@H]2O[C@H](CO)[C@@H](O[C@@H]3O[C@H](CO[C@H]4O[C@H](CO[C@@H]5O[C@H](CO)[C@@H](O)[C@H](O)[C@H]5NC(C)=O)[C@@H](O)[C@H](O)[C@@H]4O[C@@H]4O[C@H](CO)[C@@H](O)[C@H](O)[C@H]4NC(C)=O)[C@@H](O)[C@H](O[C@H]4O[C@H](CO)[C@@H](O)[C@H](O)[C@@H]4O[C@@H]4O[C@H](CO)[C@@H](O[C@@H]5O[C@H](CO)[C@H](O)[C@H](O)[C@H]5O)[C@H](O)[C@H]4NC(C)=O)[C@@H]3O)[C@H](O)[C@H]2NC(C)=O)[C@@H](CO)O[C@H]1O. The molecule has 9 heterocycles. The third kappa shape index (κ3) is 21.4. The van der Waals surface area contributed by atoms with Crippen LogP contribution in [0, 0.1) is 0 Å². The van der Waals surface area contributed by atoms with Crippen LogP contribution in [0.4, 0.5) is 0 Å². The zero-order valence-corrected chi connectivity index (χ0v) is 62.1. The zero-order valence-electron chi connectivity index (χ0n) is 62.1. The van der Waals surface area contributed by atoms with Crippen molar-refractivity contribution >= 4 is 29.5 Å². The van der Waals surface area contributed by atoms with E-state index in [4.69, 9.17) is 80.5 Å². The number of carbonyl (C=O) groups excluding carboxylic acids is 5. The maximum Gasteiger partial charge on any atom is 0.217 e. The highest BCUT2D eigenvalue weighted by molar-refractivity contribution is 5.75. The first-order valence-corrected chi connectivity index (χ1v) is 36.6. The lowest BCUT2D eigenvalue weighted by Crippen LogP contribution is -2.71. The molecular formula is C64H107N5O46. The van der Waals surface area contributed by atoms with E-state index < -0.39 is 365 Å². The van der Waals surface area contributed by atoms with Crippen molar-refractivity contribution in [3.05, 3.63) is 0 Å². The van der Waals surface area contributed by atoms with E-state index in [2.05, 4.69) is 26.6 Å². The summed E-state index contributed by atoms with van der Waals surface area (Å²) in [6.07, 6.45) is -83.5. The van der Waals surface area contributed by atoms with Gasteiger partial charge in [-0.3, -0.25) is 24.0 Å². The van der Waals surface area contributed by atoms with Crippen molar-refractivity contribution in [1.29, 1.82) is 0 Å². The van der Waals surface area contributed by atoms with Gasteiger partial charge in [0.15, 0.2) is 56.6 Å². The smallest absolute Gasteiger partial charge is 0.217 e. The Balaban J connectivity index is 1.09. The fourth-order valence-electron chi connectivity index (χ4n) is 14.8. The minimum absolute atomic E-state index is 0.794. The van der Waals surface area contributed by atoms with E-state index in [9.17, 15) is 147 Å². The van der Waals surface area contributed by atoms with Crippen molar-refractivity contribution in [1.82, 2.24) is 26.6 Å². The van der Waals surface area contributed by atoms with Crippen LogP contribution in [0.25, 0.3) is 0 Å². The molecule has 9 aliphatic heterocycles. The summed E-state index contributed by atoms with van der Waals surface area (Å²) < 4.78 is 101. The summed E-state index contributed by atoms with van der Waals surface area (Å²) in [7, 11) is 0. The number of carbonyl (C=O) groups is 5. The Morgan fingerprint density at radius 1 is 0.226 bits per heavy atom. The summed E-state index contributed by atoms with van der Waals surface area (Å²) in [6.45, 7) is -4.87. The van der Waals surface area contributed by atoms with Gasteiger partial charge in [0, 0.05) is 34.6 Å². The van der Waals surface area contributed by atoms with Crippen molar-refractivity contribution < 1.29 is 227 Å². The highest BCUT2D eigenvalue weighted by atomic mass is 16.8. The molecule has 45 atom stereocenters. The minimum Gasteiger partial charge on any atom is -0.394 e. The van der Waals surface area contributed by atoms with Gasteiger partial charge in [-0.05, 0) is 0 Å². The van der Waals surface area contributed by atoms with E-state index in [0.29, 0.717) is 0 Å². The summed E-state index contributed by atoms with van der Waals surface area (Å²) in [5, 5.41) is 280. The number of hydrogen-bond donors (Lipinski definition) is 29. The van der Waals surface area contributed by atoms with E-state index in [1.165, 1.54) is 0 Å². The fourth-order valence-corrected chi connectivity index (χ4v) is 14.8. The molecule has 0 aromatic rings. The topological polar surface area (TPSA) is 788 Å². The lowest BCUT2D eigenvalue weighted by molar-refractivity contribution is -0.398. The van der Waals surface area contributed by atoms with Gasteiger partial charge in [0.1, 0.15) is 219 Å². The molecule has 51 heteroatoms. The first-order chi connectivity index (χ1) is 54.4. The Kier molecular flexibility index (Phi) is 34.1. The van der Waals surface area contributed by atoms with Crippen molar-refractivity contribution in [3.63, 3.8) is 0 Å². The Bertz CT molecular complexity index is 3100. The average Bonchev–Trinajstić information content (AvgIpc) is 0.763. The van der Waals surface area contributed by atoms with E-state index >= 15 is 0 Å². The van der Waals surface area contributed by atoms with Gasteiger partial charge in [-0.15, -0.1) is 0 Å². The standard InChI is InChI=1S/C64H107N5O46/c1-15(77)65-29-42(90)50(24(10-74)101-56(29)98)110-59-32(68-18(4)80)43(91)52(26(12-76)106-59)112-62-49(97)53(113-64-55(46(94)37(85)23(9-73)105-64)115-60-33(69-19(5)81)44(92)51(25(11-75)107-60)111-61-48(96)45(93)36(84)22(8-72)104-61)39(87)28(108-62)14-100-63-54(114-58-31(67-17(3)79)41(89)35(83)21(7-71)103-58)47(95)38(86)27(109-63)13-99-57-30(66-16(2)78)40(88)34(82)20(6-70)102-57/h20-64,70-76,82-98H,6-14H2,1-5H3,(H,65,77)(H,66,78)(H,67,79)(H,68,80)(H,69,81)/t20-,21-,22-,23-,24-,25-,26-,27-,28-,29-,30-,31-,32-,33-,34-,35-,36+,37-,38-,39-,40-,41-,42-,43-,44-,45+,46+,47+,48-,49+,50-,51-,52-,53+,54+,55+,56-,57-,58+,59+,60+,61+,62+,63+,64-/m1/s1. The van der Waals surface area contributed by atoms with Gasteiger partial charge in [-0.25, -0.2) is 0 Å². The third-order valence-electron chi connectivity index (χ3n) is 20.7. The number of amides is 5. The molecule has 9 aliphatic rings. The van der Waals surface area contributed by atoms with Gasteiger partial charge in [0.05, 0.1) is 59.5 Å². The Hall–Kier alpha value is -4.29. The van der Waals surface area contributed by atoms with Crippen LogP contribution in [0.2, 0.25) is 0 Å². The zero-order chi connectivity index (χ0) is 84.8. The van der Waals surface area contributed by atoms with Gasteiger partial charge >= 0.3 is 0 Å². The lowest BCUT2D eigenvalue weighted by Gasteiger charge is -2.51. The molecule has 115 heavy (non-hydrogen) atoms. The quantitative estimate of drug-likeness (QED) is 0.0318. The van der Waals surface area contributed by atoms with E-state index in [1.807, 2.05) is 0 Å². The maximum atomic E-state index is 13.1. The normalized spacial score (nSPS) is 47.9. The highest BCUT2D eigenvalue weighted by Crippen LogP contribution is 2.40. The van der Waals surface area contributed by atoms with Crippen LogP contribution in [-0.2, 0) is 104 Å². The molecule has 9 saturated heterocycles. The van der Waals surface area contributed by atoms with Crippen LogP contribution >= 0.6 is 0 Å². The molecule has 0 aromatic carbocycles. The molecule has 0 unspecified atom stereocenters. The third-order valence-corrected chi connectivity index (χ3v) is 20.7. The minimum atomic E-state index is -2.60. The van der Waals surface area contributed by atoms with Crippen molar-refractivity contribution in [3.8, 4) is 0 Å². The van der Waals surface area contributed by atoms with Crippen molar-refractivity contribution in [2.45, 2.75) is 311 Å². The van der Waals surface area contributed by atoms with Crippen LogP contribution in [0.1, 0.15) is 34.6 Å². The van der Waals surface area contributed by atoms with Crippen molar-refractivity contribution in [2.24, 2.45) is 0 Å². The number of ether oxygens (including phenoxy) is 17. The number of aliphatic hydroxyl groups is 24. The Morgan fingerprint density at radius 3 is 0.913 bits per heavy atom. The summed E-state index contributed by atoms with van der Waals surface area (Å²) in [4.78, 5) is 63.2. The predicted molar refractivity (Wildman–Crippen MR) is 355 cm³/mol. The molecule has 664 valence electrons. The number of nitrogens with one attached hydrogen (secondary N) is 5. The Labute approximate surface area is 651 Å². The van der Waals surface area contributed by atoms with Gasteiger partial charge in [-0.2, -0.15) is 0 Å². The summed E-state index contributed by atoms with van der Waals surface area (Å²) in [5.74, 6) is -4.40. The number of hydrogen-bond acceptors (Lipinski definition) is 46. The molecule has 0 aliphatic carbocycles. The summed E-state index contributed by atoms with van der Waals surface area (Å²) in [6, 6.07) is -9.01. The number of rotatable bonds is 30. The molecular weight excluding hydrogens is 1570 g/mol. The van der Waals surface area contributed by atoms with E-state index in [-0.39, 0.29) is 0 Å². The molecule has 0 spiro atoms. The summed E-state index contributed by atoms with van der Waals surface area (Å²) in [5.41, 5.74) is 0. The maximum absolute atomic E-state index is 13.1. The van der Waals surface area contributed by atoms with Gasteiger partial charge in [-0.1, -0.05) is 0 Å². The van der Waals surface area contributed by atoms with Crippen LogP contribution < -0.4 is 26.6 Å². The molecule has 9 fully saturated rings. The van der Waals surface area contributed by atoms with Crippen LogP contribution in [-0.4, -0.2) is 488 Å². The largest absolute Gasteiger partial charge is 0.394 e. The molecule has 51 nitrogen and oxygen atoms in total. The van der Waals surface area contributed by atoms with E-state index in [0.717, 1.165) is 34.6 Å². The number of aliphatic hydroxyl groups excluding tert-OH is 24. The molecule has 5 amide bonds.